The summed E-state index contributed by atoms with van der Waals surface area (Å²) >= 11 is 0.248. The van der Waals surface area contributed by atoms with E-state index < -0.39 is 105 Å². The van der Waals surface area contributed by atoms with Gasteiger partial charge in [-0.3, -0.25) is 9.59 Å². The van der Waals surface area contributed by atoms with Gasteiger partial charge < -0.3 is 25.1 Å². The monoisotopic (exact) mass is 663 g/mol. The fourth-order valence-corrected chi connectivity index (χ4v) is 6.12. The minimum absolute atomic E-state index is 0.0123. The Morgan fingerprint density at radius 1 is 0.977 bits per heavy atom. The average molecular weight is 664 g/mol. The molecule has 2 aliphatic heterocycles. The van der Waals surface area contributed by atoms with E-state index in [1.54, 1.807) is 6.92 Å². The smallest absolute Gasteiger partial charge is 0.387 e. The number of amides is 2. The van der Waals surface area contributed by atoms with Gasteiger partial charge >= 0.3 is 18.5 Å². The first-order valence-corrected chi connectivity index (χ1v) is 13.8. The molecule has 3 N–H and O–H groups in total. The molecule has 2 amide bonds. The van der Waals surface area contributed by atoms with Gasteiger partial charge in [-0.2, -0.15) is 39.5 Å². The largest absolute Gasteiger partial charge is 0.430 e. The van der Waals surface area contributed by atoms with Crippen LogP contribution in [0.15, 0.2) is 18.2 Å². The first-order valence-electron chi connectivity index (χ1n) is 13.0. The van der Waals surface area contributed by atoms with Gasteiger partial charge in [-0.1, -0.05) is 12.1 Å². The standard InChI is InChI=1S/C26H26F9N3O5S/c1-12-5-4-8-38(12)19(39)16-17(44-18(36-16)20(40)37-10-22(42,11-37)21(2,3)41)14-7-6-13(9-15(14)24(27,28)29)23(43,25(30,31)32)26(33,34)35/h6-7,9,12,41-43H,4-5,8,10-11H2,1-3H3. The number of aliphatic hydroxyl groups is 3. The van der Waals surface area contributed by atoms with E-state index >= 15 is 0 Å². The lowest BCUT2D eigenvalue weighted by Gasteiger charge is -2.52. The van der Waals surface area contributed by atoms with Crippen LogP contribution in [-0.2, 0) is 11.8 Å². The van der Waals surface area contributed by atoms with Crippen LogP contribution in [0.5, 0.6) is 0 Å². The lowest BCUT2D eigenvalue weighted by molar-refractivity contribution is -0.376. The Balaban J connectivity index is 1.89. The summed E-state index contributed by atoms with van der Waals surface area (Å²) in [5.41, 5.74) is -15.0. The number of alkyl halides is 9. The number of nitrogens with zero attached hydrogens (tertiary/aromatic N) is 3. The molecule has 4 rings (SSSR count). The van der Waals surface area contributed by atoms with E-state index in [2.05, 4.69) is 4.98 Å². The van der Waals surface area contributed by atoms with Crippen LogP contribution in [0.4, 0.5) is 39.5 Å². The van der Waals surface area contributed by atoms with Crippen LogP contribution in [0, 0.1) is 0 Å². The normalized spacial score (nSPS) is 19.8. The fraction of sp³-hybridized carbons (Fsp3) is 0.577. The summed E-state index contributed by atoms with van der Waals surface area (Å²) in [6.07, 6.45) is -17.5. The van der Waals surface area contributed by atoms with Crippen molar-refractivity contribution in [3.05, 3.63) is 40.0 Å². The summed E-state index contributed by atoms with van der Waals surface area (Å²) < 4.78 is 124. The van der Waals surface area contributed by atoms with Gasteiger partial charge in [0.05, 0.1) is 29.1 Å². The number of carbonyl (C=O) groups is 2. The Hall–Kier alpha value is -2.96. The number of hydrogen-bond donors (Lipinski definition) is 3. The van der Waals surface area contributed by atoms with E-state index in [9.17, 15) is 64.4 Å². The zero-order chi connectivity index (χ0) is 33.4. The summed E-state index contributed by atoms with van der Waals surface area (Å²) in [5.74, 6) is -1.87. The highest BCUT2D eigenvalue weighted by atomic mass is 32.1. The van der Waals surface area contributed by atoms with Crippen LogP contribution >= 0.6 is 11.3 Å². The summed E-state index contributed by atoms with van der Waals surface area (Å²) in [7, 11) is 0. The Morgan fingerprint density at radius 3 is 2.00 bits per heavy atom. The number of likely N-dealkylation sites (tertiary alicyclic amines) is 2. The van der Waals surface area contributed by atoms with Crippen LogP contribution in [-0.4, -0.2) is 91.1 Å². The molecule has 2 aliphatic rings. The van der Waals surface area contributed by atoms with Crippen LogP contribution in [0.2, 0.25) is 0 Å². The van der Waals surface area contributed by atoms with Crippen LogP contribution in [0.3, 0.4) is 0 Å². The first-order chi connectivity index (χ1) is 19.8. The maximum Gasteiger partial charge on any atom is 0.430 e. The second-order valence-corrected chi connectivity index (χ2v) is 12.4. The molecule has 0 aliphatic carbocycles. The Labute approximate surface area is 247 Å². The van der Waals surface area contributed by atoms with Crippen LogP contribution < -0.4 is 0 Å². The molecule has 0 saturated carbocycles. The quantitative estimate of drug-likeness (QED) is 0.399. The van der Waals surface area contributed by atoms with Crippen molar-refractivity contribution in [3.63, 3.8) is 0 Å². The Bertz CT molecular complexity index is 1440. The molecule has 1 aromatic carbocycles. The lowest BCUT2D eigenvalue weighted by Crippen LogP contribution is -2.72. The number of rotatable bonds is 5. The molecule has 0 bridgehead atoms. The van der Waals surface area contributed by atoms with E-state index in [0.717, 1.165) is 4.90 Å². The third-order valence-electron chi connectivity index (χ3n) is 7.97. The molecular weight excluding hydrogens is 637 g/mol. The highest BCUT2D eigenvalue weighted by molar-refractivity contribution is 7.17. The molecule has 0 radical (unpaired) electrons. The molecule has 1 unspecified atom stereocenters. The zero-order valence-electron chi connectivity index (χ0n) is 23.2. The lowest BCUT2D eigenvalue weighted by atomic mass is 9.79. The number of β-amino-alcohol motifs (C(OH)–C–C–N with tert-alkyl or cyclic N) is 1. The summed E-state index contributed by atoms with van der Waals surface area (Å²) in [4.78, 5) is 32.2. The van der Waals surface area contributed by atoms with Gasteiger partial charge in [-0.25, -0.2) is 4.98 Å². The maximum absolute atomic E-state index is 14.3. The maximum atomic E-state index is 14.3. The highest BCUT2D eigenvalue weighted by Crippen LogP contribution is 2.52. The summed E-state index contributed by atoms with van der Waals surface area (Å²) in [6.45, 7) is 3.56. The second-order valence-electron chi connectivity index (χ2n) is 11.4. The molecule has 1 atom stereocenters. The van der Waals surface area contributed by atoms with E-state index in [4.69, 9.17) is 0 Å². The number of benzene rings is 1. The van der Waals surface area contributed by atoms with E-state index in [1.807, 2.05) is 0 Å². The van der Waals surface area contributed by atoms with E-state index in [0.29, 0.717) is 12.8 Å². The van der Waals surface area contributed by atoms with Gasteiger partial charge in [0.1, 0.15) is 11.3 Å². The molecule has 2 aromatic rings. The van der Waals surface area contributed by atoms with Gasteiger partial charge in [0, 0.05) is 23.7 Å². The first kappa shape index (κ1) is 33.9. The zero-order valence-corrected chi connectivity index (χ0v) is 24.0. The molecule has 2 saturated heterocycles. The number of thiazole rings is 1. The third-order valence-corrected chi connectivity index (χ3v) is 9.04. The minimum Gasteiger partial charge on any atom is -0.387 e. The molecule has 44 heavy (non-hydrogen) atoms. The molecular formula is C26H26F9N3O5S. The van der Waals surface area contributed by atoms with Crippen molar-refractivity contribution >= 4 is 23.2 Å². The minimum atomic E-state index is -6.46. The van der Waals surface area contributed by atoms with Crippen molar-refractivity contribution in [2.24, 2.45) is 0 Å². The predicted octanol–water partition coefficient (Wildman–Crippen LogP) is 4.72. The number of carbonyl (C=O) groups excluding carboxylic acids is 2. The number of halogens is 9. The average Bonchev–Trinajstić information content (AvgIpc) is 3.49. The summed E-state index contributed by atoms with van der Waals surface area (Å²) in [6, 6.07) is -0.628. The predicted molar refractivity (Wildman–Crippen MR) is 135 cm³/mol. The van der Waals surface area contributed by atoms with E-state index in [-0.39, 0.29) is 30.0 Å². The Morgan fingerprint density at radius 2 is 1.55 bits per heavy atom. The van der Waals surface area contributed by atoms with Gasteiger partial charge in [0.2, 0.25) is 0 Å². The molecule has 3 heterocycles. The fourth-order valence-electron chi connectivity index (χ4n) is 5.05. The second kappa shape index (κ2) is 10.6. The summed E-state index contributed by atoms with van der Waals surface area (Å²) in [5, 5.41) is 29.8. The van der Waals surface area contributed by atoms with Crippen molar-refractivity contribution in [2.45, 2.75) is 75.0 Å². The van der Waals surface area contributed by atoms with Gasteiger partial charge in [0.25, 0.3) is 17.4 Å². The molecule has 8 nitrogen and oxygen atoms in total. The SMILES string of the molecule is CC1CCCN1C(=O)c1nc(C(=O)N2CC(O)(C(C)(C)O)C2)sc1-c1ccc(C(O)(C(F)(F)F)C(F)(F)F)cc1C(F)(F)F. The van der Waals surface area contributed by atoms with Crippen molar-refractivity contribution in [1.82, 2.24) is 14.8 Å². The molecule has 1 aromatic heterocycles. The third kappa shape index (κ3) is 5.53. The van der Waals surface area contributed by atoms with E-state index in [1.165, 1.54) is 18.7 Å². The molecule has 2 fully saturated rings. The highest BCUT2D eigenvalue weighted by Gasteiger charge is 2.71. The van der Waals surface area contributed by atoms with Gasteiger partial charge in [0.15, 0.2) is 5.01 Å². The number of hydrogen-bond acceptors (Lipinski definition) is 7. The van der Waals surface area contributed by atoms with Gasteiger partial charge in [-0.15, -0.1) is 11.3 Å². The van der Waals surface area contributed by atoms with Crippen LogP contribution in [0.25, 0.3) is 10.4 Å². The van der Waals surface area contributed by atoms with Crippen molar-refractivity contribution in [2.75, 3.05) is 19.6 Å². The molecule has 0 spiro atoms. The van der Waals surface area contributed by atoms with Crippen molar-refractivity contribution in [3.8, 4) is 10.4 Å². The van der Waals surface area contributed by atoms with Crippen molar-refractivity contribution < 1.29 is 64.4 Å². The van der Waals surface area contributed by atoms with Crippen molar-refractivity contribution in [1.29, 1.82) is 0 Å². The molecule has 244 valence electrons. The Kier molecular flexibility index (Phi) is 8.14. The van der Waals surface area contributed by atoms with Crippen LogP contribution in [0.1, 0.15) is 65.0 Å². The topological polar surface area (TPSA) is 114 Å². The number of aromatic nitrogens is 1. The van der Waals surface area contributed by atoms with Gasteiger partial charge in [-0.05, 0) is 39.7 Å². The molecule has 18 heteroatoms.